The molecular weight excluding hydrogens is 268 g/mol. The highest BCUT2D eigenvalue weighted by Crippen LogP contribution is 2.25. The van der Waals surface area contributed by atoms with Crippen LogP contribution in [0.2, 0.25) is 0 Å². The van der Waals surface area contributed by atoms with Gasteiger partial charge in [0.05, 0.1) is 12.5 Å². The summed E-state index contributed by atoms with van der Waals surface area (Å²) in [6.45, 7) is 3.37. The number of ether oxygens (including phenoxy) is 1. The molecule has 1 saturated heterocycles. The molecule has 0 aromatic rings. The van der Waals surface area contributed by atoms with E-state index in [2.05, 4.69) is 10.6 Å². The van der Waals surface area contributed by atoms with E-state index >= 15 is 0 Å². The molecule has 1 aliphatic carbocycles. The molecule has 0 aromatic carbocycles. The molecule has 5 nitrogen and oxygen atoms in total. The number of carbonyl (C=O) groups excluding carboxylic acids is 2. The van der Waals surface area contributed by atoms with Gasteiger partial charge in [-0.1, -0.05) is 0 Å². The quantitative estimate of drug-likeness (QED) is 0.733. The van der Waals surface area contributed by atoms with E-state index < -0.39 is 0 Å². The molecule has 120 valence electrons. The standard InChI is InChI=1S/C16H28N2O3/c1-2-21-16(20)12-5-7-14(8-6-12)18-15(19)10-9-13-4-3-11-17-13/h12-14,17H,2-11H2,1H3,(H,18,19). The minimum absolute atomic E-state index is 0.0285. The molecule has 1 unspecified atom stereocenters. The third-order valence-electron chi connectivity index (χ3n) is 4.59. The summed E-state index contributed by atoms with van der Waals surface area (Å²) in [5, 5.41) is 6.53. The minimum Gasteiger partial charge on any atom is -0.466 e. The van der Waals surface area contributed by atoms with Crippen LogP contribution in [0.3, 0.4) is 0 Å². The molecule has 1 saturated carbocycles. The normalized spacial score (nSPS) is 29.1. The maximum atomic E-state index is 12.0. The summed E-state index contributed by atoms with van der Waals surface area (Å²) < 4.78 is 5.06. The lowest BCUT2D eigenvalue weighted by molar-refractivity contribution is -0.149. The molecule has 21 heavy (non-hydrogen) atoms. The van der Waals surface area contributed by atoms with Gasteiger partial charge in [0.1, 0.15) is 0 Å². The van der Waals surface area contributed by atoms with Gasteiger partial charge in [0.25, 0.3) is 0 Å². The van der Waals surface area contributed by atoms with Gasteiger partial charge in [0.15, 0.2) is 0 Å². The van der Waals surface area contributed by atoms with Crippen LogP contribution >= 0.6 is 0 Å². The van der Waals surface area contributed by atoms with Gasteiger partial charge in [-0.2, -0.15) is 0 Å². The van der Waals surface area contributed by atoms with Crippen molar-refractivity contribution < 1.29 is 14.3 Å². The molecule has 0 spiro atoms. The van der Waals surface area contributed by atoms with Crippen LogP contribution in [-0.4, -0.2) is 37.1 Å². The Morgan fingerprint density at radius 3 is 2.57 bits per heavy atom. The Labute approximate surface area is 127 Å². The summed E-state index contributed by atoms with van der Waals surface area (Å²) >= 11 is 0. The van der Waals surface area contributed by atoms with Gasteiger partial charge in [-0.05, 0) is 58.4 Å². The molecule has 0 aromatic heterocycles. The highest BCUT2D eigenvalue weighted by atomic mass is 16.5. The summed E-state index contributed by atoms with van der Waals surface area (Å²) in [6, 6.07) is 0.759. The number of amides is 1. The van der Waals surface area contributed by atoms with Gasteiger partial charge in [-0.25, -0.2) is 0 Å². The molecule has 2 rings (SSSR count). The van der Waals surface area contributed by atoms with Crippen LogP contribution in [0.4, 0.5) is 0 Å². The van der Waals surface area contributed by atoms with Crippen LogP contribution in [0.15, 0.2) is 0 Å². The minimum atomic E-state index is -0.0745. The Morgan fingerprint density at radius 2 is 1.95 bits per heavy atom. The Bertz CT molecular complexity index is 345. The van der Waals surface area contributed by atoms with E-state index in [0.29, 0.717) is 19.1 Å². The lowest BCUT2D eigenvalue weighted by Gasteiger charge is -2.28. The fourth-order valence-electron chi connectivity index (χ4n) is 3.34. The molecule has 5 heteroatoms. The first kappa shape index (κ1) is 16.3. The second kappa shape index (κ2) is 8.37. The van der Waals surface area contributed by atoms with Gasteiger partial charge in [-0.3, -0.25) is 9.59 Å². The predicted molar refractivity (Wildman–Crippen MR) is 80.8 cm³/mol. The van der Waals surface area contributed by atoms with Gasteiger partial charge < -0.3 is 15.4 Å². The average molecular weight is 296 g/mol. The maximum Gasteiger partial charge on any atom is 0.308 e. The van der Waals surface area contributed by atoms with E-state index in [9.17, 15) is 9.59 Å². The van der Waals surface area contributed by atoms with Gasteiger partial charge in [-0.15, -0.1) is 0 Å². The van der Waals surface area contributed by atoms with E-state index in [0.717, 1.165) is 38.6 Å². The summed E-state index contributed by atoms with van der Waals surface area (Å²) in [6.07, 6.45) is 7.39. The molecule has 1 atom stereocenters. The van der Waals surface area contributed by atoms with Crippen LogP contribution in [0, 0.1) is 5.92 Å². The number of nitrogens with one attached hydrogen (secondary N) is 2. The molecular formula is C16H28N2O3. The fourth-order valence-corrected chi connectivity index (χ4v) is 3.34. The van der Waals surface area contributed by atoms with Crippen molar-refractivity contribution >= 4 is 11.9 Å². The van der Waals surface area contributed by atoms with Crippen molar-refractivity contribution in [1.82, 2.24) is 10.6 Å². The van der Waals surface area contributed by atoms with E-state index in [-0.39, 0.29) is 23.8 Å². The average Bonchev–Trinajstić information content (AvgIpc) is 2.99. The summed E-state index contributed by atoms with van der Waals surface area (Å²) in [5.74, 6) is 0.110. The van der Waals surface area contributed by atoms with Crippen molar-refractivity contribution in [2.75, 3.05) is 13.2 Å². The second-order valence-electron chi connectivity index (χ2n) is 6.20. The van der Waals surface area contributed by atoms with E-state index in [1.165, 1.54) is 12.8 Å². The van der Waals surface area contributed by atoms with E-state index in [1.54, 1.807) is 0 Å². The van der Waals surface area contributed by atoms with Crippen molar-refractivity contribution in [2.45, 2.75) is 70.4 Å². The number of hydrogen-bond donors (Lipinski definition) is 2. The fraction of sp³-hybridized carbons (Fsp3) is 0.875. The van der Waals surface area contributed by atoms with Crippen LogP contribution in [-0.2, 0) is 14.3 Å². The van der Waals surface area contributed by atoms with Crippen LogP contribution in [0.25, 0.3) is 0 Å². The Hall–Kier alpha value is -1.10. The number of carbonyl (C=O) groups is 2. The summed E-state index contributed by atoms with van der Waals surface area (Å²) in [7, 11) is 0. The predicted octanol–water partition coefficient (Wildman–Crippen LogP) is 1.76. The van der Waals surface area contributed by atoms with Crippen LogP contribution in [0.1, 0.15) is 58.3 Å². The number of esters is 1. The third kappa shape index (κ3) is 5.30. The van der Waals surface area contributed by atoms with E-state index in [1.807, 2.05) is 6.92 Å². The number of rotatable bonds is 6. The molecule has 2 fully saturated rings. The van der Waals surface area contributed by atoms with Crippen LogP contribution in [0.5, 0.6) is 0 Å². The first-order valence-corrected chi connectivity index (χ1v) is 8.38. The Balaban J connectivity index is 1.61. The lowest BCUT2D eigenvalue weighted by Crippen LogP contribution is -2.39. The molecule has 0 radical (unpaired) electrons. The molecule has 1 amide bonds. The van der Waals surface area contributed by atoms with Crippen molar-refractivity contribution in [3.05, 3.63) is 0 Å². The highest BCUT2D eigenvalue weighted by Gasteiger charge is 2.28. The SMILES string of the molecule is CCOC(=O)C1CCC(NC(=O)CCC2CCCN2)CC1. The van der Waals surface area contributed by atoms with E-state index in [4.69, 9.17) is 4.74 Å². The van der Waals surface area contributed by atoms with Gasteiger partial charge >= 0.3 is 5.97 Å². The highest BCUT2D eigenvalue weighted by molar-refractivity contribution is 5.76. The zero-order valence-electron chi connectivity index (χ0n) is 13.0. The molecule has 0 bridgehead atoms. The topological polar surface area (TPSA) is 67.4 Å². The maximum absolute atomic E-state index is 12.0. The van der Waals surface area contributed by atoms with Crippen LogP contribution < -0.4 is 10.6 Å². The molecule has 1 heterocycles. The molecule has 1 aliphatic heterocycles. The van der Waals surface area contributed by atoms with Crippen molar-refractivity contribution in [2.24, 2.45) is 5.92 Å². The second-order valence-corrected chi connectivity index (χ2v) is 6.20. The van der Waals surface area contributed by atoms with Crippen molar-refractivity contribution in [3.8, 4) is 0 Å². The summed E-state index contributed by atoms with van der Waals surface area (Å²) in [4.78, 5) is 23.6. The first-order valence-electron chi connectivity index (χ1n) is 8.38. The third-order valence-corrected chi connectivity index (χ3v) is 4.59. The Kier molecular flexibility index (Phi) is 6.49. The van der Waals surface area contributed by atoms with Gasteiger partial charge in [0.2, 0.25) is 5.91 Å². The largest absolute Gasteiger partial charge is 0.466 e. The zero-order valence-corrected chi connectivity index (χ0v) is 13.0. The van der Waals surface area contributed by atoms with Crippen molar-refractivity contribution in [3.63, 3.8) is 0 Å². The molecule has 2 aliphatic rings. The zero-order chi connectivity index (χ0) is 15.1. The summed E-state index contributed by atoms with van der Waals surface area (Å²) in [5.41, 5.74) is 0. The Morgan fingerprint density at radius 1 is 1.19 bits per heavy atom. The monoisotopic (exact) mass is 296 g/mol. The van der Waals surface area contributed by atoms with Gasteiger partial charge in [0, 0.05) is 18.5 Å². The smallest absolute Gasteiger partial charge is 0.308 e. The lowest BCUT2D eigenvalue weighted by atomic mass is 9.86. The first-order chi connectivity index (χ1) is 10.2. The number of hydrogen-bond acceptors (Lipinski definition) is 4. The molecule has 2 N–H and O–H groups in total. The van der Waals surface area contributed by atoms with Crippen molar-refractivity contribution in [1.29, 1.82) is 0 Å².